The lowest BCUT2D eigenvalue weighted by Crippen LogP contribution is -2.56. The van der Waals surface area contributed by atoms with E-state index < -0.39 is 23.1 Å². The van der Waals surface area contributed by atoms with Crippen LogP contribution in [-0.2, 0) is 15.1 Å². The molecule has 3 heterocycles. The van der Waals surface area contributed by atoms with E-state index in [4.69, 9.17) is 26.8 Å². The van der Waals surface area contributed by atoms with E-state index in [9.17, 15) is 9.18 Å². The smallest absolute Gasteiger partial charge is 0.262 e. The van der Waals surface area contributed by atoms with E-state index in [0.29, 0.717) is 18.6 Å². The van der Waals surface area contributed by atoms with Crippen molar-refractivity contribution in [3.8, 4) is 16.9 Å². The quantitative estimate of drug-likeness (QED) is 0.749. The van der Waals surface area contributed by atoms with Gasteiger partial charge in [-0.2, -0.15) is 0 Å². The second-order valence-electron chi connectivity index (χ2n) is 7.71. The number of benzene rings is 2. The minimum Gasteiger partial charge on any atom is -0.489 e. The molecule has 3 aliphatic heterocycles. The topological polar surface area (TPSA) is 77.2 Å². The number of hydrogen-bond acceptors (Lipinski definition) is 5. The number of halogens is 3. The van der Waals surface area contributed by atoms with Crippen molar-refractivity contribution in [2.24, 2.45) is 16.6 Å². The number of aliphatic imine (C=N–C) groups is 1. The van der Waals surface area contributed by atoms with Crippen LogP contribution in [0.5, 0.6) is 5.75 Å². The summed E-state index contributed by atoms with van der Waals surface area (Å²) in [7, 11) is 1.54. The summed E-state index contributed by atoms with van der Waals surface area (Å²) in [6.07, 6.45) is 0.174. The van der Waals surface area contributed by atoms with Crippen molar-refractivity contribution < 1.29 is 23.0 Å². The highest BCUT2D eigenvalue weighted by molar-refractivity contribution is 6.30. The average molecular weight is 434 g/mol. The van der Waals surface area contributed by atoms with E-state index in [-0.39, 0.29) is 46.5 Å². The van der Waals surface area contributed by atoms with E-state index in [1.54, 1.807) is 7.05 Å². The molecular weight excluding hydrogens is 416 g/mol. The number of likely N-dealkylation sites (N-methyl/N-ethyl adjacent to an activating group) is 1. The van der Waals surface area contributed by atoms with Gasteiger partial charge < -0.3 is 15.2 Å². The maximum absolute atomic E-state index is 15.1. The summed E-state index contributed by atoms with van der Waals surface area (Å²) < 4.78 is 40.7. The maximum Gasteiger partial charge on any atom is 0.262 e. The Hall–Kier alpha value is -2.71. The Labute approximate surface area is 176 Å². The number of ether oxygens (including phenoxy) is 2. The summed E-state index contributed by atoms with van der Waals surface area (Å²) in [6, 6.07) is 6.47. The predicted molar refractivity (Wildman–Crippen MR) is 106 cm³/mol. The predicted octanol–water partition coefficient (Wildman–Crippen LogP) is 3.06. The average Bonchev–Trinajstić information content (AvgIpc) is 2.92. The van der Waals surface area contributed by atoms with E-state index in [1.165, 1.54) is 29.2 Å². The van der Waals surface area contributed by atoms with Gasteiger partial charge in [0.15, 0.2) is 11.5 Å². The minimum absolute atomic E-state index is 0.0665. The van der Waals surface area contributed by atoms with Crippen molar-refractivity contribution in [2.45, 2.75) is 18.1 Å². The van der Waals surface area contributed by atoms with E-state index in [2.05, 4.69) is 4.99 Å². The fraction of sp³-hybridized carbons (Fsp3) is 0.333. The molecule has 1 saturated heterocycles. The number of amides is 1. The number of fused-ring (bicyclic) bond motifs is 4. The molecule has 1 amide bonds. The third-order valence-corrected chi connectivity index (χ3v) is 6.24. The van der Waals surface area contributed by atoms with Gasteiger partial charge in [0, 0.05) is 35.7 Å². The van der Waals surface area contributed by atoms with Gasteiger partial charge in [-0.1, -0.05) is 11.6 Å². The zero-order valence-electron chi connectivity index (χ0n) is 16.0. The van der Waals surface area contributed by atoms with Gasteiger partial charge in [-0.25, -0.2) is 13.8 Å². The van der Waals surface area contributed by atoms with Crippen molar-refractivity contribution in [2.75, 3.05) is 20.3 Å². The van der Waals surface area contributed by atoms with Crippen LogP contribution in [0.25, 0.3) is 11.1 Å². The third-order valence-electron chi connectivity index (χ3n) is 6.03. The van der Waals surface area contributed by atoms with Gasteiger partial charge in [0.25, 0.3) is 5.91 Å². The second kappa shape index (κ2) is 6.65. The molecule has 156 valence electrons. The molecule has 1 unspecified atom stereocenters. The lowest BCUT2D eigenvalue weighted by Gasteiger charge is -2.45. The first-order chi connectivity index (χ1) is 14.3. The number of guanidine groups is 1. The van der Waals surface area contributed by atoms with E-state index in [1.807, 2.05) is 0 Å². The van der Waals surface area contributed by atoms with Gasteiger partial charge in [-0.05, 0) is 29.8 Å². The van der Waals surface area contributed by atoms with Crippen molar-refractivity contribution in [3.05, 3.63) is 52.6 Å². The molecule has 6 nitrogen and oxygen atoms in total. The van der Waals surface area contributed by atoms with Crippen molar-refractivity contribution >= 4 is 23.5 Å². The molecule has 0 aliphatic carbocycles. The lowest BCUT2D eigenvalue weighted by molar-refractivity contribution is -0.141. The summed E-state index contributed by atoms with van der Waals surface area (Å²) in [5.41, 5.74) is 5.32. The fourth-order valence-electron chi connectivity index (χ4n) is 4.57. The van der Waals surface area contributed by atoms with Gasteiger partial charge >= 0.3 is 0 Å². The molecule has 0 radical (unpaired) electrons. The monoisotopic (exact) mass is 433 g/mol. The first-order valence-electron chi connectivity index (χ1n) is 9.49. The van der Waals surface area contributed by atoms with E-state index >= 15 is 4.39 Å². The first-order valence-corrected chi connectivity index (χ1v) is 9.87. The molecule has 3 atom stereocenters. The summed E-state index contributed by atoms with van der Waals surface area (Å²) >= 11 is 5.97. The Balaban J connectivity index is 1.76. The number of hydrogen-bond donors (Lipinski definition) is 1. The molecule has 5 rings (SSSR count). The van der Waals surface area contributed by atoms with Gasteiger partial charge in [-0.3, -0.25) is 9.69 Å². The maximum atomic E-state index is 15.1. The molecule has 1 spiro atoms. The molecular formula is C21H18ClF2N3O3. The molecule has 1 fully saturated rings. The number of nitrogens with two attached hydrogens (primary N) is 1. The van der Waals surface area contributed by atoms with Crippen LogP contribution in [0.4, 0.5) is 8.78 Å². The Morgan fingerprint density at radius 2 is 2.07 bits per heavy atom. The van der Waals surface area contributed by atoms with Crippen molar-refractivity contribution in [3.63, 3.8) is 0 Å². The van der Waals surface area contributed by atoms with Crippen LogP contribution in [-0.4, -0.2) is 43.1 Å². The summed E-state index contributed by atoms with van der Waals surface area (Å²) in [6.45, 7) is 0.719. The summed E-state index contributed by atoms with van der Waals surface area (Å²) in [5, 5.41) is 0.132. The second-order valence-corrected chi connectivity index (χ2v) is 8.15. The zero-order chi connectivity index (χ0) is 21.2. The normalized spacial score (nSPS) is 27.5. The van der Waals surface area contributed by atoms with Gasteiger partial charge in [0.1, 0.15) is 23.5 Å². The molecule has 2 aromatic carbocycles. The van der Waals surface area contributed by atoms with Crippen LogP contribution in [0, 0.1) is 17.6 Å². The minimum atomic E-state index is -1.39. The Morgan fingerprint density at radius 3 is 2.77 bits per heavy atom. The van der Waals surface area contributed by atoms with Gasteiger partial charge in [0.2, 0.25) is 0 Å². The molecule has 0 aromatic heterocycles. The molecule has 3 aliphatic rings. The van der Waals surface area contributed by atoms with Gasteiger partial charge in [-0.15, -0.1) is 0 Å². The van der Waals surface area contributed by atoms with Crippen LogP contribution in [0.3, 0.4) is 0 Å². The highest BCUT2D eigenvalue weighted by atomic mass is 35.5. The largest absolute Gasteiger partial charge is 0.489 e. The standard InChI is InChI=1S/C21H18ClF2N3O3/c1-27-19(28)21(26-20(27)25)14-7-13(10-4-11(22)6-12(23)5-10)16(24)8-18(14)30-17-2-3-29-9-15(17)21/h4-8,15,17H,2-3,9H2,1H3,(H2,25,26)/t15-,17?,21+/m1/s1. The van der Waals surface area contributed by atoms with Gasteiger partial charge in [0.05, 0.1) is 19.1 Å². The highest BCUT2D eigenvalue weighted by Gasteiger charge is 2.60. The number of carbonyl (C=O) groups is 1. The summed E-state index contributed by atoms with van der Waals surface area (Å²) in [4.78, 5) is 19.2. The third kappa shape index (κ3) is 2.63. The first kappa shape index (κ1) is 19.3. The van der Waals surface area contributed by atoms with Crippen LogP contribution in [0.2, 0.25) is 5.02 Å². The molecule has 0 saturated carbocycles. The zero-order valence-corrected chi connectivity index (χ0v) is 16.7. The van der Waals surface area contributed by atoms with Crippen LogP contribution < -0.4 is 10.5 Å². The van der Waals surface area contributed by atoms with Crippen molar-refractivity contribution in [1.29, 1.82) is 0 Å². The van der Waals surface area contributed by atoms with Crippen LogP contribution in [0.1, 0.15) is 12.0 Å². The highest BCUT2D eigenvalue weighted by Crippen LogP contribution is 2.52. The molecule has 30 heavy (non-hydrogen) atoms. The van der Waals surface area contributed by atoms with Crippen LogP contribution in [0.15, 0.2) is 35.3 Å². The molecule has 2 aromatic rings. The van der Waals surface area contributed by atoms with E-state index in [0.717, 1.165) is 6.07 Å². The Kier molecular flexibility index (Phi) is 4.27. The number of nitrogens with zero attached hydrogens (tertiary/aromatic N) is 2. The van der Waals surface area contributed by atoms with Crippen LogP contribution >= 0.6 is 11.6 Å². The molecule has 0 bridgehead atoms. The lowest BCUT2D eigenvalue weighted by atomic mass is 9.71. The number of carbonyl (C=O) groups excluding carboxylic acids is 1. The van der Waals surface area contributed by atoms with Crippen molar-refractivity contribution in [1.82, 2.24) is 4.90 Å². The Morgan fingerprint density at radius 1 is 1.27 bits per heavy atom. The Bertz CT molecular complexity index is 1090. The fourth-order valence-corrected chi connectivity index (χ4v) is 4.79. The summed E-state index contributed by atoms with van der Waals surface area (Å²) in [5.74, 6) is -1.69. The molecule has 9 heteroatoms. The molecule has 2 N–H and O–H groups in total. The SMILES string of the molecule is CN1C(=O)[C@]2(N=C1N)c1cc(-c3cc(F)cc(Cl)c3)c(F)cc1OC1CCOC[C@H]12. The number of rotatable bonds is 1.